The monoisotopic (exact) mass is 218 g/mol. The SMILES string of the molecule is Cc1cccc(C(=O)NC2(C)CCC2)c1N. The maximum atomic E-state index is 12.0. The van der Waals surface area contributed by atoms with Crippen LogP contribution >= 0.6 is 0 Å². The van der Waals surface area contributed by atoms with Crippen molar-refractivity contribution in [2.45, 2.75) is 38.6 Å². The number of nitrogens with two attached hydrogens (primary N) is 1. The van der Waals surface area contributed by atoms with Crippen LogP contribution in [0.1, 0.15) is 42.1 Å². The molecule has 0 heterocycles. The van der Waals surface area contributed by atoms with Gasteiger partial charge in [0.25, 0.3) is 5.91 Å². The predicted molar refractivity (Wildman–Crippen MR) is 65.3 cm³/mol. The molecule has 1 amide bonds. The van der Waals surface area contributed by atoms with Gasteiger partial charge in [0, 0.05) is 11.2 Å². The van der Waals surface area contributed by atoms with E-state index in [0.717, 1.165) is 18.4 Å². The minimum atomic E-state index is -0.0524. The van der Waals surface area contributed by atoms with Crippen molar-refractivity contribution in [1.29, 1.82) is 0 Å². The molecule has 0 atom stereocenters. The normalized spacial score (nSPS) is 17.6. The van der Waals surface area contributed by atoms with Crippen molar-refractivity contribution in [3.05, 3.63) is 29.3 Å². The maximum absolute atomic E-state index is 12.0. The van der Waals surface area contributed by atoms with E-state index in [2.05, 4.69) is 12.2 Å². The lowest BCUT2D eigenvalue weighted by Gasteiger charge is -2.39. The number of para-hydroxylation sites is 1. The molecule has 1 aromatic carbocycles. The maximum Gasteiger partial charge on any atom is 0.253 e. The first-order valence-corrected chi connectivity index (χ1v) is 5.69. The molecule has 0 spiro atoms. The van der Waals surface area contributed by atoms with E-state index < -0.39 is 0 Å². The Bertz CT molecular complexity index is 422. The predicted octanol–water partition coefficient (Wildman–Crippen LogP) is 2.25. The quantitative estimate of drug-likeness (QED) is 0.748. The van der Waals surface area contributed by atoms with Gasteiger partial charge >= 0.3 is 0 Å². The average Bonchev–Trinajstić information content (AvgIpc) is 2.19. The number of hydrogen-bond donors (Lipinski definition) is 2. The number of nitrogen functional groups attached to an aromatic ring is 1. The molecule has 3 heteroatoms. The van der Waals surface area contributed by atoms with Crippen molar-refractivity contribution in [1.82, 2.24) is 5.32 Å². The van der Waals surface area contributed by atoms with Crippen LogP contribution in [0.3, 0.4) is 0 Å². The molecule has 1 aliphatic carbocycles. The van der Waals surface area contributed by atoms with Gasteiger partial charge in [0.1, 0.15) is 0 Å². The van der Waals surface area contributed by atoms with E-state index in [1.165, 1.54) is 6.42 Å². The first-order chi connectivity index (χ1) is 7.52. The van der Waals surface area contributed by atoms with Gasteiger partial charge in [-0.3, -0.25) is 4.79 Å². The van der Waals surface area contributed by atoms with Gasteiger partial charge in [-0.25, -0.2) is 0 Å². The smallest absolute Gasteiger partial charge is 0.253 e. The Balaban J connectivity index is 2.17. The van der Waals surface area contributed by atoms with E-state index in [1.54, 1.807) is 6.07 Å². The molecule has 1 fully saturated rings. The van der Waals surface area contributed by atoms with Crippen LogP contribution in [-0.4, -0.2) is 11.4 Å². The molecule has 16 heavy (non-hydrogen) atoms. The Kier molecular flexibility index (Phi) is 2.62. The summed E-state index contributed by atoms with van der Waals surface area (Å²) in [6.45, 7) is 4.00. The van der Waals surface area contributed by atoms with Crippen molar-refractivity contribution in [3.63, 3.8) is 0 Å². The van der Waals surface area contributed by atoms with E-state index in [4.69, 9.17) is 5.73 Å². The molecule has 0 radical (unpaired) electrons. The number of hydrogen-bond acceptors (Lipinski definition) is 2. The lowest BCUT2D eigenvalue weighted by molar-refractivity contribution is 0.0851. The minimum Gasteiger partial charge on any atom is -0.398 e. The molecule has 2 rings (SSSR count). The Hall–Kier alpha value is -1.51. The summed E-state index contributed by atoms with van der Waals surface area (Å²) in [4.78, 5) is 12.0. The standard InChI is InChI=1S/C13H18N2O/c1-9-5-3-6-10(11(9)14)12(16)15-13(2)7-4-8-13/h3,5-6H,4,7-8,14H2,1-2H3,(H,15,16). The van der Waals surface area contributed by atoms with E-state index in [0.29, 0.717) is 11.3 Å². The molecule has 86 valence electrons. The van der Waals surface area contributed by atoms with Gasteiger partial charge in [0.05, 0.1) is 5.56 Å². The van der Waals surface area contributed by atoms with Crippen LogP contribution in [-0.2, 0) is 0 Å². The summed E-state index contributed by atoms with van der Waals surface area (Å²) in [5.74, 6) is -0.0524. The zero-order valence-corrected chi connectivity index (χ0v) is 9.84. The molecular weight excluding hydrogens is 200 g/mol. The lowest BCUT2D eigenvalue weighted by Crippen LogP contribution is -2.51. The van der Waals surface area contributed by atoms with Crippen LogP contribution in [0.25, 0.3) is 0 Å². The summed E-state index contributed by atoms with van der Waals surface area (Å²) in [7, 11) is 0. The molecule has 3 nitrogen and oxygen atoms in total. The van der Waals surface area contributed by atoms with Gasteiger partial charge in [-0.2, -0.15) is 0 Å². The van der Waals surface area contributed by atoms with Gasteiger partial charge in [0.15, 0.2) is 0 Å². The van der Waals surface area contributed by atoms with Gasteiger partial charge in [0.2, 0.25) is 0 Å². The fourth-order valence-electron chi connectivity index (χ4n) is 2.05. The second-order valence-corrected chi connectivity index (χ2v) is 4.90. The van der Waals surface area contributed by atoms with Crippen molar-refractivity contribution in [2.24, 2.45) is 0 Å². The Morgan fingerprint density at radius 1 is 1.44 bits per heavy atom. The third-order valence-electron chi connectivity index (χ3n) is 3.44. The molecule has 0 aliphatic heterocycles. The van der Waals surface area contributed by atoms with Gasteiger partial charge < -0.3 is 11.1 Å². The molecule has 0 aromatic heterocycles. The first-order valence-electron chi connectivity index (χ1n) is 5.69. The summed E-state index contributed by atoms with van der Waals surface area (Å²) < 4.78 is 0. The largest absolute Gasteiger partial charge is 0.398 e. The lowest BCUT2D eigenvalue weighted by atomic mass is 9.78. The van der Waals surface area contributed by atoms with Crippen molar-refractivity contribution in [3.8, 4) is 0 Å². The molecular formula is C13H18N2O. The number of anilines is 1. The summed E-state index contributed by atoms with van der Waals surface area (Å²) in [5, 5.41) is 3.06. The summed E-state index contributed by atoms with van der Waals surface area (Å²) >= 11 is 0. The molecule has 3 N–H and O–H groups in total. The van der Waals surface area contributed by atoms with E-state index >= 15 is 0 Å². The van der Waals surface area contributed by atoms with Crippen LogP contribution < -0.4 is 11.1 Å². The van der Waals surface area contributed by atoms with Crippen LogP contribution in [0.5, 0.6) is 0 Å². The van der Waals surface area contributed by atoms with Gasteiger partial charge in [-0.15, -0.1) is 0 Å². The summed E-state index contributed by atoms with van der Waals surface area (Å²) in [6.07, 6.45) is 3.31. The second-order valence-electron chi connectivity index (χ2n) is 4.90. The molecule has 1 aromatic rings. The Morgan fingerprint density at radius 3 is 2.69 bits per heavy atom. The third kappa shape index (κ3) is 1.90. The molecule has 1 saturated carbocycles. The summed E-state index contributed by atoms with van der Waals surface area (Å²) in [5.41, 5.74) is 8.01. The number of benzene rings is 1. The molecule has 1 aliphatic rings. The van der Waals surface area contributed by atoms with Crippen molar-refractivity contribution in [2.75, 3.05) is 5.73 Å². The van der Waals surface area contributed by atoms with E-state index in [-0.39, 0.29) is 11.4 Å². The molecule has 0 bridgehead atoms. The number of carbonyl (C=O) groups is 1. The fraction of sp³-hybridized carbons (Fsp3) is 0.462. The number of rotatable bonds is 2. The van der Waals surface area contributed by atoms with Crippen molar-refractivity contribution >= 4 is 11.6 Å². The highest BCUT2D eigenvalue weighted by Gasteiger charge is 2.33. The average molecular weight is 218 g/mol. The number of carbonyl (C=O) groups excluding carboxylic acids is 1. The number of amides is 1. The van der Waals surface area contributed by atoms with E-state index in [9.17, 15) is 4.79 Å². The van der Waals surface area contributed by atoms with Gasteiger partial charge in [-0.05, 0) is 44.7 Å². The van der Waals surface area contributed by atoms with Crippen LogP contribution in [0.4, 0.5) is 5.69 Å². The van der Waals surface area contributed by atoms with Gasteiger partial charge in [-0.1, -0.05) is 12.1 Å². The minimum absolute atomic E-state index is 0.0206. The molecule has 0 unspecified atom stereocenters. The van der Waals surface area contributed by atoms with Crippen LogP contribution in [0.2, 0.25) is 0 Å². The number of nitrogens with one attached hydrogen (secondary N) is 1. The summed E-state index contributed by atoms with van der Waals surface area (Å²) in [6, 6.07) is 5.56. The highest BCUT2D eigenvalue weighted by molar-refractivity contribution is 6.00. The molecule has 0 saturated heterocycles. The zero-order chi connectivity index (χ0) is 11.8. The zero-order valence-electron chi connectivity index (χ0n) is 9.84. The van der Waals surface area contributed by atoms with Crippen LogP contribution in [0, 0.1) is 6.92 Å². The topological polar surface area (TPSA) is 55.1 Å². The van der Waals surface area contributed by atoms with Crippen molar-refractivity contribution < 1.29 is 4.79 Å². The Morgan fingerprint density at radius 2 is 2.12 bits per heavy atom. The Labute approximate surface area is 96.0 Å². The number of aryl methyl sites for hydroxylation is 1. The van der Waals surface area contributed by atoms with E-state index in [1.807, 2.05) is 19.1 Å². The third-order valence-corrected chi connectivity index (χ3v) is 3.44. The second kappa shape index (κ2) is 3.81. The fourth-order valence-corrected chi connectivity index (χ4v) is 2.05. The highest BCUT2D eigenvalue weighted by atomic mass is 16.1. The highest BCUT2D eigenvalue weighted by Crippen LogP contribution is 2.31. The first kappa shape index (κ1) is 11.0. The van der Waals surface area contributed by atoms with Crippen LogP contribution in [0.15, 0.2) is 18.2 Å².